The minimum absolute atomic E-state index is 0. The summed E-state index contributed by atoms with van der Waals surface area (Å²) in [6, 6.07) is 10.3. The fourth-order valence-corrected chi connectivity index (χ4v) is 1.45. The van der Waals surface area contributed by atoms with Gasteiger partial charge >= 0.3 is 0 Å². The maximum absolute atomic E-state index is 3.40. The molecule has 0 aliphatic heterocycles. The van der Waals surface area contributed by atoms with Gasteiger partial charge in [-0.1, -0.05) is 32.0 Å². The van der Waals surface area contributed by atoms with Crippen molar-refractivity contribution < 1.29 is 0 Å². The van der Waals surface area contributed by atoms with Crippen LogP contribution in [0, 0.1) is 0 Å². The van der Waals surface area contributed by atoms with Gasteiger partial charge in [0.2, 0.25) is 0 Å². The summed E-state index contributed by atoms with van der Waals surface area (Å²) in [5.41, 5.74) is 1.21. The molecule has 0 saturated heterocycles. The van der Waals surface area contributed by atoms with Crippen molar-refractivity contribution >= 4 is 30.5 Å². The van der Waals surface area contributed by atoms with Gasteiger partial charge in [-0.25, -0.2) is 0 Å². The molecule has 0 saturated carbocycles. The molecule has 1 aromatic carbocycles. The van der Waals surface area contributed by atoms with Crippen molar-refractivity contribution in [2.24, 2.45) is 0 Å². The molecular weight excluding hydrogens is 243 g/mol. The number of likely N-dealkylation sites (N-methyl/N-ethyl adjacent to an activating group) is 1. The van der Waals surface area contributed by atoms with E-state index in [4.69, 9.17) is 0 Å². The Labute approximate surface area is 111 Å². The van der Waals surface area contributed by atoms with Crippen LogP contribution in [-0.2, 0) is 0 Å². The van der Waals surface area contributed by atoms with Gasteiger partial charge in [-0.3, -0.25) is 0 Å². The van der Waals surface area contributed by atoms with Crippen LogP contribution in [0.1, 0.15) is 13.8 Å². The van der Waals surface area contributed by atoms with Crippen LogP contribution in [0.15, 0.2) is 30.3 Å². The van der Waals surface area contributed by atoms with E-state index in [2.05, 4.69) is 48.3 Å². The maximum atomic E-state index is 3.40. The molecule has 94 valence electrons. The monoisotopic (exact) mass is 264 g/mol. The van der Waals surface area contributed by atoms with Crippen LogP contribution < -0.4 is 5.32 Å². The van der Waals surface area contributed by atoms with E-state index in [9.17, 15) is 0 Å². The van der Waals surface area contributed by atoms with E-state index < -0.39 is 0 Å². The Bertz CT molecular complexity index is 238. The third kappa shape index (κ3) is 6.94. The molecule has 1 aromatic rings. The van der Waals surface area contributed by atoms with Crippen molar-refractivity contribution in [2.45, 2.75) is 13.8 Å². The molecule has 0 aromatic heterocycles. The molecule has 0 amide bonds. The lowest BCUT2D eigenvalue weighted by Crippen LogP contribution is -2.28. The largest absolute Gasteiger partial charge is 0.384 e. The van der Waals surface area contributed by atoms with Gasteiger partial charge in [-0.2, -0.15) is 0 Å². The number of anilines is 1. The molecule has 0 atom stereocenters. The zero-order valence-corrected chi connectivity index (χ0v) is 11.6. The van der Waals surface area contributed by atoms with E-state index in [1.165, 1.54) is 5.69 Å². The average molecular weight is 265 g/mol. The van der Waals surface area contributed by atoms with Gasteiger partial charge in [0.1, 0.15) is 0 Å². The van der Waals surface area contributed by atoms with E-state index in [0.717, 1.165) is 26.2 Å². The van der Waals surface area contributed by atoms with Crippen molar-refractivity contribution in [1.29, 1.82) is 0 Å². The van der Waals surface area contributed by atoms with Crippen LogP contribution in [0.25, 0.3) is 0 Å². The van der Waals surface area contributed by atoms with Gasteiger partial charge in [0.25, 0.3) is 0 Å². The van der Waals surface area contributed by atoms with Gasteiger partial charge in [-0.15, -0.1) is 24.8 Å². The summed E-state index contributed by atoms with van der Waals surface area (Å²) in [7, 11) is 0. The van der Waals surface area contributed by atoms with Crippen molar-refractivity contribution in [3.05, 3.63) is 30.3 Å². The first-order valence-corrected chi connectivity index (χ1v) is 5.38. The summed E-state index contributed by atoms with van der Waals surface area (Å²) in [6.45, 7) is 8.80. The van der Waals surface area contributed by atoms with Crippen molar-refractivity contribution in [3.63, 3.8) is 0 Å². The molecule has 2 nitrogen and oxygen atoms in total. The molecule has 0 bridgehead atoms. The number of rotatable bonds is 6. The average Bonchev–Trinajstić information content (AvgIpc) is 2.26. The normalized spacial score (nSPS) is 9.19. The predicted octanol–water partition coefficient (Wildman–Crippen LogP) is 3.28. The summed E-state index contributed by atoms with van der Waals surface area (Å²) in [5, 5.41) is 3.40. The first kappa shape index (κ1) is 17.9. The topological polar surface area (TPSA) is 15.3 Å². The van der Waals surface area contributed by atoms with Crippen molar-refractivity contribution in [1.82, 2.24) is 4.90 Å². The first-order chi connectivity index (χ1) is 6.86. The van der Waals surface area contributed by atoms with Crippen LogP contribution in [-0.4, -0.2) is 31.1 Å². The number of halogens is 2. The minimum atomic E-state index is 0. The molecule has 0 spiro atoms. The Morgan fingerprint density at radius 2 is 1.56 bits per heavy atom. The molecule has 0 heterocycles. The Morgan fingerprint density at radius 3 is 2.06 bits per heavy atom. The molecule has 16 heavy (non-hydrogen) atoms. The zero-order chi connectivity index (χ0) is 10.2. The van der Waals surface area contributed by atoms with Crippen LogP contribution in [0.5, 0.6) is 0 Å². The second-order valence-electron chi connectivity index (χ2n) is 3.32. The van der Waals surface area contributed by atoms with E-state index in [1.54, 1.807) is 0 Å². The van der Waals surface area contributed by atoms with Crippen molar-refractivity contribution in [2.75, 3.05) is 31.5 Å². The zero-order valence-electron chi connectivity index (χ0n) is 9.98. The SMILES string of the molecule is CCN(CC)CCNc1ccccc1.Cl.Cl. The predicted molar refractivity (Wildman–Crippen MR) is 77.2 cm³/mol. The van der Waals surface area contributed by atoms with Crippen molar-refractivity contribution in [3.8, 4) is 0 Å². The summed E-state index contributed by atoms with van der Waals surface area (Å²) in [5.74, 6) is 0. The second-order valence-corrected chi connectivity index (χ2v) is 3.32. The highest BCUT2D eigenvalue weighted by molar-refractivity contribution is 5.85. The summed E-state index contributed by atoms with van der Waals surface area (Å²) >= 11 is 0. The van der Waals surface area contributed by atoms with Gasteiger partial charge < -0.3 is 10.2 Å². The third-order valence-corrected chi connectivity index (χ3v) is 2.43. The lowest BCUT2D eigenvalue weighted by molar-refractivity contribution is 0.316. The minimum Gasteiger partial charge on any atom is -0.384 e. The third-order valence-electron chi connectivity index (χ3n) is 2.43. The van der Waals surface area contributed by atoms with Gasteiger partial charge in [0.15, 0.2) is 0 Å². The number of para-hydroxylation sites is 1. The number of nitrogens with one attached hydrogen (secondary N) is 1. The highest BCUT2D eigenvalue weighted by Gasteiger charge is 1.97. The van der Waals surface area contributed by atoms with E-state index in [-0.39, 0.29) is 24.8 Å². The number of hydrogen-bond donors (Lipinski definition) is 1. The maximum Gasteiger partial charge on any atom is 0.0340 e. The van der Waals surface area contributed by atoms with Gasteiger partial charge in [0, 0.05) is 18.8 Å². The Morgan fingerprint density at radius 1 is 1.00 bits per heavy atom. The molecule has 0 aliphatic carbocycles. The molecule has 0 aliphatic rings. The Hall–Kier alpha value is -0.440. The van der Waals surface area contributed by atoms with Crippen LogP contribution in [0.2, 0.25) is 0 Å². The molecular formula is C12H22Cl2N2. The number of benzene rings is 1. The van der Waals surface area contributed by atoms with Gasteiger partial charge in [-0.05, 0) is 25.2 Å². The highest BCUT2D eigenvalue weighted by Crippen LogP contribution is 2.03. The molecule has 0 unspecified atom stereocenters. The standard InChI is InChI=1S/C12H20N2.2ClH/c1-3-14(4-2)11-10-13-12-8-6-5-7-9-12;;/h5-9,13H,3-4,10-11H2,1-2H3;2*1H. The fraction of sp³-hybridized carbons (Fsp3) is 0.500. The quantitative estimate of drug-likeness (QED) is 0.849. The molecule has 4 heteroatoms. The lowest BCUT2D eigenvalue weighted by Gasteiger charge is -2.18. The van der Waals surface area contributed by atoms with E-state index in [0.29, 0.717) is 0 Å². The number of nitrogens with zero attached hydrogens (tertiary/aromatic N) is 1. The van der Waals surface area contributed by atoms with E-state index >= 15 is 0 Å². The first-order valence-electron chi connectivity index (χ1n) is 5.38. The summed E-state index contributed by atoms with van der Waals surface area (Å²) in [6.07, 6.45) is 0. The second kappa shape index (κ2) is 11.1. The molecule has 0 radical (unpaired) electrons. The molecule has 1 N–H and O–H groups in total. The highest BCUT2D eigenvalue weighted by atomic mass is 35.5. The van der Waals surface area contributed by atoms with Crippen LogP contribution in [0.4, 0.5) is 5.69 Å². The fourth-order valence-electron chi connectivity index (χ4n) is 1.45. The summed E-state index contributed by atoms with van der Waals surface area (Å²) < 4.78 is 0. The molecule has 1 rings (SSSR count). The smallest absolute Gasteiger partial charge is 0.0340 e. The van der Waals surface area contributed by atoms with Crippen LogP contribution in [0.3, 0.4) is 0 Å². The molecule has 0 fully saturated rings. The lowest BCUT2D eigenvalue weighted by atomic mass is 10.3. The Kier molecular flexibility index (Phi) is 12.4. The number of hydrogen-bond acceptors (Lipinski definition) is 2. The Balaban J connectivity index is 0. The summed E-state index contributed by atoms with van der Waals surface area (Å²) in [4.78, 5) is 2.41. The van der Waals surface area contributed by atoms with E-state index in [1.807, 2.05) is 6.07 Å². The van der Waals surface area contributed by atoms with Gasteiger partial charge in [0.05, 0.1) is 0 Å². The van der Waals surface area contributed by atoms with Crippen LogP contribution >= 0.6 is 24.8 Å².